The molecule has 0 rings (SSSR count). The Kier molecular flexibility index (Phi) is 3.72. The second-order valence-electron chi connectivity index (χ2n) is 2.44. The van der Waals surface area contributed by atoms with Crippen LogP contribution >= 0.6 is 0 Å². The van der Waals surface area contributed by atoms with E-state index in [1.165, 1.54) is 0 Å². The van der Waals surface area contributed by atoms with E-state index in [1.807, 2.05) is 0 Å². The topological polar surface area (TPSA) is 98.0 Å². The van der Waals surface area contributed by atoms with Crippen molar-refractivity contribution in [1.82, 2.24) is 0 Å². The first-order chi connectivity index (χ1) is 5.34. The van der Waals surface area contributed by atoms with Crippen LogP contribution in [0.4, 0.5) is 4.39 Å². The maximum absolute atomic E-state index is 12.8. The standard InChI is InChI=1S/C6H11FO5/c1-3(9)5(11)6(7,12)4(10)2-8/h4-5,8,10-12H,2H2,1H3/t4-,5-,6-/m1/s1. The van der Waals surface area contributed by atoms with Gasteiger partial charge in [-0.05, 0) is 6.92 Å². The van der Waals surface area contributed by atoms with Gasteiger partial charge < -0.3 is 20.4 Å². The van der Waals surface area contributed by atoms with Gasteiger partial charge in [0.2, 0.25) is 0 Å². The maximum Gasteiger partial charge on any atom is 0.268 e. The molecule has 0 saturated heterocycles. The fraction of sp³-hybridized carbons (Fsp3) is 0.833. The Hall–Kier alpha value is -0.560. The van der Waals surface area contributed by atoms with E-state index >= 15 is 0 Å². The third kappa shape index (κ3) is 2.21. The molecule has 4 N–H and O–H groups in total. The summed E-state index contributed by atoms with van der Waals surface area (Å²) in [5.74, 6) is -4.53. The highest BCUT2D eigenvalue weighted by Crippen LogP contribution is 2.18. The summed E-state index contributed by atoms with van der Waals surface area (Å²) >= 11 is 0. The number of halogens is 1. The van der Waals surface area contributed by atoms with Crippen LogP contribution in [0.3, 0.4) is 0 Å². The molecule has 0 aromatic heterocycles. The van der Waals surface area contributed by atoms with Gasteiger partial charge in [0.1, 0.15) is 6.10 Å². The number of Topliss-reactive ketones (excluding diaryl/α,β-unsaturated/α-hetero) is 1. The Morgan fingerprint density at radius 1 is 1.58 bits per heavy atom. The van der Waals surface area contributed by atoms with Crippen molar-refractivity contribution in [3.05, 3.63) is 0 Å². The van der Waals surface area contributed by atoms with Crippen molar-refractivity contribution in [2.75, 3.05) is 6.61 Å². The normalized spacial score (nSPS) is 21.2. The first kappa shape index (κ1) is 11.4. The molecule has 72 valence electrons. The van der Waals surface area contributed by atoms with Crippen molar-refractivity contribution in [1.29, 1.82) is 0 Å². The smallest absolute Gasteiger partial charge is 0.268 e. The number of aliphatic hydroxyl groups excluding tert-OH is 3. The van der Waals surface area contributed by atoms with Gasteiger partial charge in [0.25, 0.3) is 5.85 Å². The number of rotatable bonds is 4. The van der Waals surface area contributed by atoms with Crippen LogP contribution in [-0.2, 0) is 4.79 Å². The molecule has 0 aromatic rings. The minimum Gasteiger partial charge on any atom is -0.393 e. The van der Waals surface area contributed by atoms with Crippen molar-refractivity contribution >= 4 is 5.78 Å². The van der Waals surface area contributed by atoms with Crippen LogP contribution in [0.2, 0.25) is 0 Å². The van der Waals surface area contributed by atoms with E-state index in [0.717, 1.165) is 6.92 Å². The summed E-state index contributed by atoms with van der Waals surface area (Å²) in [5, 5.41) is 34.2. The van der Waals surface area contributed by atoms with Crippen LogP contribution in [0.5, 0.6) is 0 Å². The average molecular weight is 182 g/mol. The highest BCUT2D eigenvalue weighted by Gasteiger charge is 2.45. The lowest BCUT2D eigenvalue weighted by Crippen LogP contribution is -2.52. The Bertz CT molecular complexity index is 169. The lowest BCUT2D eigenvalue weighted by molar-refractivity contribution is -0.229. The monoisotopic (exact) mass is 182 g/mol. The zero-order valence-electron chi connectivity index (χ0n) is 6.44. The average Bonchev–Trinajstić information content (AvgIpc) is 2.01. The summed E-state index contributed by atoms with van der Waals surface area (Å²) in [6.45, 7) is -0.239. The van der Waals surface area contributed by atoms with E-state index in [1.54, 1.807) is 0 Å². The number of carbonyl (C=O) groups excluding carboxylic acids is 1. The zero-order chi connectivity index (χ0) is 9.94. The number of ketones is 1. The van der Waals surface area contributed by atoms with Crippen molar-refractivity contribution in [3.63, 3.8) is 0 Å². The minimum atomic E-state index is -3.50. The summed E-state index contributed by atoms with van der Waals surface area (Å²) in [6, 6.07) is 0. The van der Waals surface area contributed by atoms with Crippen molar-refractivity contribution in [3.8, 4) is 0 Å². The largest absolute Gasteiger partial charge is 0.393 e. The van der Waals surface area contributed by atoms with Gasteiger partial charge in [-0.1, -0.05) is 0 Å². The lowest BCUT2D eigenvalue weighted by atomic mass is 10.0. The van der Waals surface area contributed by atoms with E-state index in [0.29, 0.717) is 0 Å². The van der Waals surface area contributed by atoms with Gasteiger partial charge in [0.15, 0.2) is 11.9 Å². The van der Waals surface area contributed by atoms with Gasteiger partial charge in [-0.15, -0.1) is 0 Å². The second kappa shape index (κ2) is 3.90. The first-order valence-electron chi connectivity index (χ1n) is 3.22. The van der Waals surface area contributed by atoms with Gasteiger partial charge >= 0.3 is 0 Å². The Morgan fingerprint density at radius 2 is 2.00 bits per heavy atom. The van der Waals surface area contributed by atoms with Crippen LogP contribution in [0.1, 0.15) is 6.92 Å². The number of carbonyl (C=O) groups is 1. The minimum absolute atomic E-state index is 0.847. The van der Waals surface area contributed by atoms with Crippen LogP contribution in [0, 0.1) is 0 Å². The Morgan fingerprint density at radius 3 is 2.25 bits per heavy atom. The molecule has 0 spiro atoms. The maximum atomic E-state index is 12.8. The van der Waals surface area contributed by atoms with E-state index in [-0.39, 0.29) is 0 Å². The fourth-order valence-corrected chi connectivity index (χ4v) is 0.595. The third-order valence-electron chi connectivity index (χ3n) is 1.41. The molecular formula is C6H11FO5. The van der Waals surface area contributed by atoms with Gasteiger partial charge in [0.05, 0.1) is 6.61 Å². The van der Waals surface area contributed by atoms with Crippen molar-refractivity contribution < 1.29 is 29.6 Å². The molecule has 0 aliphatic heterocycles. The molecule has 0 radical (unpaired) electrons. The summed E-state index contributed by atoms with van der Waals surface area (Å²) in [7, 11) is 0. The van der Waals surface area contributed by atoms with Crippen molar-refractivity contribution in [2.24, 2.45) is 0 Å². The molecule has 0 bridgehead atoms. The predicted octanol–water partition coefficient (Wildman–Crippen LogP) is -2.05. The quantitative estimate of drug-likeness (QED) is 0.401. The molecule has 0 heterocycles. The molecule has 0 aliphatic rings. The molecule has 12 heavy (non-hydrogen) atoms. The van der Waals surface area contributed by atoms with E-state index in [2.05, 4.69) is 0 Å². The first-order valence-corrected chi connectivity index (χ1v) is 3.22. The van der Waals surface area contributed by atoms with Gasteiger partial charge in [-0.3, -0.25) is 4.79 Å². The van der Waals surface area contributed by atoms with Crippen LogP contribution in [0.15, 0.2) is 0 Å². The number of hydrogen-bond donors (Lipinski definition) is 4. The van der Waals surface area contributed by atoms with E-state index in [4.69, 9.17) is 20.4 Å². The molecule has 0 aromatic carbocycles. The third-order valence-corrected chi connectivity index (χ3v) is 1.41. The molecule has 3 atom stereocenters. The summed E-state index contributed by atoms with van der Waals surface area (Å²) in [6.07, 6.45) is -4.55. The summed E-state index contributed by atoms with van der Waals surface area (Å²) in [5.41, 5.74) is 0. The number of hydrogen-bond acceptors (Lipinski definition) is 5. The summed E-state index contributed by atoms with van der Waals surface area (Å²) in [4.78, 5) is 10.4. The fourth-order valence-electron chi connectivity index (χ4n) is 0.595. The van der Waals surface area contributed by atoms with Crippen molar-refractivity contribution in [2.45, 2.75) is 25.0 Å². The molecule has 0 saturated carbocycles. The molecule has 0 aliphatic carbocycles. The van der Waals surface area contributed by atoms with Crippen LogP contribution in [-0.4, -0.2) is 50.9 Å². The molecule has 6 heteroatoms. The van der Waals surface area contributed by atoms with E-state index in [9.17, 15) is 9.18 Å². The Balaban J connectivity index is 4.48. The second-order valence-corrected chi connectivity index (χ2v) is 2.44. The molecular weight excluding hydrogens is 171 g/mol. The SMILES string of the molecule is CC(=O)[C@@H](O)[C@@](O)(F)[C@H](O)CO. The van der Waals surface area contributed by atoms with E-state index < -0.39 is 30.5 Å². The van der Waals surface area contributed by atoms with Gasteiger partial charge in [0, 0.05) is 0 Å². The lowest BCUT2D eigenvalue weighted by Gasteiger charge is -2.26. The van der Waals surface area contributed by atoms with Gasteiger partial charge in [-0.25, -0.2) is 4.39 Å². The van der Waals surface area contributed by atoms with Crippen LogP contribution < -0.4 is 0 Å². The van der Waals surface area contributed by atoms with Gasteiger partial charge in [-0.2, -0.15) is 0 Å². The zero-order valence-corrected chi connectivity index (χ0v) is 6.44. The Labute approximate surface area is 68.1 Å². The highest BCUT2D eigenvalue weighted by molar-refractivity contribution is 5.81. The molecule has 5 nitrogen and oxygen atoms in total. The highest BCUT2D eigenvalue weighted by atomic mass is 19.2. The van der Waals surface area contributed by atoms with Crippen LogP contribution in [0.25, 0.3) is 0 Å². The molecule has 0 fully saturated rings. The molecule has 0 amide bonds. The molecule has 0 unspecified atom stereocenters. The number of aliphatic hydroxyl groups is 4. The summed E-state index contributed by atoms with van der Waals surface area (Å²) < 4.78 is 12.8. The number of alkyl halides is 1. The predicted molar refractivity (Wildman–Crippen MR) is 35.8 cm³/mol.